The number of benzene rings is 1. The summed E-state index contributed by atoms with van der Waals surface area (Å²) >= 11 is 0. The molecule has 0 saturated carbocycles. The number of aromatic nitrogens is 2. The molecule has 1 saturated heterocycles. The number of carbonyl (C=O) groups excluding carboxylic acids is 1. The molecular weight excluding hydrogens is 384 g/mol. The number of aliphatic hydroxyl groups is 1. The first-order chi connectivity index (χ1) is 13.0. The standard InChI is InChI=1S/C19H26N4O4.ClH/c1-23-11-13(7-22-23)16-8-20-9-17(16)19(25)21-10-18(24)12-4-14(26-2)6-15(5-12)27-3;/h4-7,11,16-18,20,24H,8-10H2,1-3H3,(H,21,25);1H/t16-,17+,18?;/m1./s1. The van der Waals surface area contributed by atoms with Crippen LogP contribution in [0.4, 0.5) is 0 Å². The summed E-state index contributed by atoms with van der Waals surface area (Å²) in [6, 6.07) is 5.20. The van der Waals surface area contributed by atoms with E-state index in [1.54, 1.807) is 43.3 Å². The number of nitrogens with one attached hydrogen (secondary N) is 2. The highest BCUT2D eigenvalue weighted by molar-refractivity contribution is 5.85. The predicted molar refractivity (Wildman–Crippen MR) is 107 cm³/mol. The molecule has 1 aliphatic rings. The van der Waals surface area contributed by atoms with E-state index in [1.165, 1.54) is 0 Å². The largest absolute Gasteiger partial charge is 0.497 e. The first-order valence-electron chi connectivity index (χ1n) is 8.89. The van der Waals surface area contributed by atoms with Gasteiger partial charge >= 0.3 is 0 Å². The lowest BCUT2D eigenvalue weighted by Gasteiger charge is -2.19. The molecular formula is C19H27ClN4O4. The third-order valence-corrected chi connectivity index (χ3v) is 4.93. The van der Waals surface area contributed by atoms with Crippen molar-refractivity contribution in [2.24, 2.45) is 13.0 Å². The van der Waals surface area contributed by atoms with E-state index in [2.05, 4.69) is 15.7 Å². The summed E-state index contributed by atoms with van der Waals surface area (Å²) in [6.07, 6.45) is 2.88. The van der Waals surface area contributed by atoms with Crippen LogP contribution in [0.2, 0.25) is 0 Å². The van der Waals surface area contributed by atoms with E-state index in [-0.39, 0.29) is 36.7 Å². The third-order valence-electron chi connectivity index (χ3n) is 4.93. The number of hydrogen-bond donors (Lipinski definition) is 3. The first-order valence-corrected chi connectivity index (χ1v) is 8.89. The molecule has 2 heterocycles. The lowest BCUT2D eigenvalue weighted by atomic mass is 9.90. The van der Waals surface area contributed by atoms with Crippen molar-refractivity contribution in [2.45, 2.75) is 12.0 Å². The average Bonchev–Trinajstić information content (AvgIpc) is 3.34. The van der Waals surface area contributed by atoms with Gasteiger partial charge in [0.1, 0.15) is 11.5 Å². The van der Waals surface area contributed by atoms with Crippen LogP contribution in [0.25, 0.3) is 0 Å². The SMILES string of the molecule is COc1cc(OC)cc(C(O)CNC(=O)[C@H]2CNC[C@@H]2c2cnn(C)c2)c1.Cl. The molecule has 9 heteroatoms. The van der Waals surface area contributed by atoms with Gasteiger partial charge in [-0.2, -0.15) is 5.10 Å². The summed E-state index contributed by atoms with van der Waals surface area (Å²) in [5, 5.41) is 20.8. The van der Waals surface area contributed by atoms with Crippen LogP contribution in [0, 0.1) is 5.92 Å². The van der Waals surface area contributed by atoms with E-state index in [4.69, 9.17) is 9.47 Å². The molecule has 0 aliphatic carbocycles. The van der Waals surface area contributed by atoms with Gasteiger partial charge in [-0.1, -0.05) is 0 Å². The third kappa shape index (κ3) is 4.95. The molecule has 1 unspecified atom stereocenters. The monoisotopic (exact) mass is 410 g/mol. The van der Waals surface area contributed by atoms with Gasteiger partial charge in [0.2, 0.25) is 5.91 Å². The maximum absolute atomic E-state index is 12.7. The van der Waals surface area contributed by atoms with Gasteiger partial charge in [-0.05, 0) is 23.3 Å². The Balaban J connectivity index is 0.00000280. The normalized spacial score (nSPS) is 19.6. The molecule has 0 radical (unpaired) electrons. The highest BCUT2D eigenvalue weighted by Gasteiger charge is 2.34. The van der Waals surface area contributed by atoms with Crippen molar-refractivity contribution in [1.82, 2.24) is 20.4 Å². The van der Waals surface area contributed by atoms with Crippen molar-refractivity contribution in [3.8, 4) is 11.5 Å². The van der Waals surface area contributed by atoms with Gasteiger partial charge in [-0.25, -0.2) is 0 Å². The van der Waals surface area contributed by atoms with Crippen LogP contribution in [0.5, 0.6) is 11.5 Å². The minimum absolute atomic E-state index is 0. The van der Waals surface area contributed by atoms with Crippen LogP contribution in [0.3, 0.4) is 0 Å². The molecule has 1 amide bonds. The molecule has 1 aromatic carbocycles. The van der Waals surface area contributed by atoms with Crippen LogP contribution >= 0.6 is 12.4 Å². The quantitative estimate of drug-likeness (QED) is 0.630. The van der Waals surface area contributed by atoms with Gasteiger partial charge in [-0.15, -0.1) is 12.4 Å². The van der Waals surface area contributed by atoms with E-state index < -0.39 is 6.10 Å². The number of halogens is 1. The molecule has 28 heavy (non-hydrogen) atoms. The van der Waals surface area contributed by atoms with Gasteiger partial charge in [0, 0.05) is 44.9 Å². The van der Waals surface area contributed by atoms with Crippen LogP contribution in [0.15, 0.2) is 30.6 Å². The van der Waals surface area contributed by atoms with Gasteiger partial charge in [0.25, 0.3) is 0 Å². The van der Waals surface area contributed by atoms with E-state index >= 15 is 0 Å². The number of ether oxygens (including phenoxy) is 2. The van der Waals surface area contributed by atoms with Crippen molar-refractivity contribution < 1.29 is 19.4 Å². The fourth-order valence-electron chi connectivity index (χ4n) is 3.40. The first kappa shape index (κ1) is 22.0. The summed E-state index contributed by atoms with van der Waals surface area (Å²) in [5.41, 5.74) is 1.67. The van der Waals surface area contributed by atoms with E-state index in [0.717, 1.165) is 12.1 Å². The summed E-state index contributed by atoms with van der Waals surface area (Å²) in [4.78, 5) is 12.7. The van der Waals surface area contributed by atoms with Gasteiger partial charge < -0.3 is 25.2 Å². The molecule has 1 aromatic heterocycles. The predicted octanol–water partition coefficient (Wildman–Crippen LogP) is 1.01. The molecule has 3 atom stereocenters. The highest BCUT2D eigenvalue weighted by atomic mass is 35.5. The van der Waals surface area contributed by atoms with E-state index in [1.807, 2.05) is 13.2 Å². The van der Waals surface area contributed by atoms with Crippen molar-refractivity contribution in [3.05, 3.63) is 41.7 Å². The number of rotatable bonds is 7. The summed E-state index contributed by atoms with van der Waals surface area (Å²) < 4.78 is 12.2. The van der Waals surface area contributed by atoms with Crippen molar-refractivity contribution >= 4 is 18.3 Å². The maximum Gasteiger partial charge on any atom is 0.225 e. The average molecular weight is 411 g/mol. The Hall–Kier alpha value is -2.29. The fourth-order valence-corrected chi connectivity index (χ4v) is 3.40. The molecule has 8 nitrogen and oxygen atoms in total. The van der Waals surface area contributed by atoms with Crippen molar-refractivity contribution in [3.63, 3.8) is 0 Å². The number of aliphatic hydroxyl groups excluding tert-OH is 1. The Kier molecular flexibility index (Phi) is 7.68. The number of hydrogen-bond acceptors (Lipinski definition) is 6. The molecule has 1 aliphatic heterocycles. The van der Waals surface area contributed by atoms with Crippen LogP contribution in [0.1, 0.15) is 23.1 Å². The number of methoxy groups -OCH3 is 2. The molecule has 1 fully saturated rings. The topological polar surface area (TPSA) is 97.6 Å². The number of carbonyl (C=O) groups is 1. The van der Waals surface area contributed by atoms with Crippen LogP contribution in [-0.2, 0) is 11.8 Å². The van der Waals surface area contributed by atoms with E-state index in [0.29, 0.717) is 23.6 Å². The second-order valence-corrected chi connectivity index (χ2v) is 6.73. The highest BCUT2D eigenvalue weighted by Crippen LogP contribution is 2.29. The lowest BCUT2D eigenvalue weighted by Crippen LogP contribution is -2.36. The summed E-state index contributed by atoms with van der Waals surface area (Å²) in [7, 11) is 4.97. The summed E-state index contributed by atoms with van der Waals surface area (Å²) in [6.45, 7) is 1.46. The Bertz CT molecular complexity index is 776. The number of aryl methyl sites for hydroxylation is 1. The molecule has 3 rings (SSSR count). The molecule has 2 aromatic rings. The van der Waals surface area contributed by atoms with Gasteiger partial charge in [-0.3, -0.25) is 9.48 Å². The lowest BCUT2D eigenvalue weighted by molar-refractivity contribution is -0.125. The smallest absolute Gasteiger partial charge is 0.225 e. The van der Waals surface area contributed by atoms with E-state index in [9.17, 15) is 9.90 Å². The van der Waals surface area contributed by atoms with Crippen molar-refractivity contribution in [2.75, 3.05) is 33.9 Å². The zero-order chi connectivity index (χ0) is 19.4. The minimum atomic E-state index is -0.857. The molecule has 3 N–H and O–H groups in total. The second-order valence-electron chi connectivity index (χ2n) is 6.73. The Morgan fingerprint density at radius 2 is 2.00 bits per heavy atom. The second kappa shape index (κ2) is 9.77. The Morgan fingerprint density at radius 3 is 2.57 bits per heavy atom. The fraction of sp³-hybridized carbons (Fsp3) is 0.474. The molecule has 0 spiro atoms. The van der Waals surface area contributed by atoms with Gasteiger partial charge in [0.05, 0.1) is 32.4 Å². The Labute approximate surface area is 170 Å². The van der Waals surface area contributed by atoms with Crippen LogP contribution < -0.4 is 20.1 Å². The van der Waals surface area contributed by atoms with Gasteiger partial charge in [0.15, 0.2) is 0 Å². The van der Waals surface area contributed by atoms with Crippen LogP contribution in [-0.4, -0.2) is 54.6 Å². The Morgan fingerprint density at radius 1 is 1.32 bits per heavy atom. The maximum atomic E-state index is 12.7. The molecule has 154 valence electrons. The zero-order valence-electron chi connectivity index (χ0n) is 16.2. The minimum Gasteiger partial charge on any atom is -0.497 e. The zero-order valence-corrected chi connectivity index (χ0v) is 17.0. The summed E-state index contributed by atoms with van der Waals surface area (Å²) in [5.74, 6) is 0.981. The number of nitrogens with zero attached hydrogens (tertiary/aromatic N) is 2. The number of amides is 1. The van der Waals surface area contributed by atoms with Crippen molar-refractivity contribution in [1.29, 1.82) is 0 Å². The molecule has 0 bridgehead atoms.